The van der Waals surface area contributed by atoms with Gasteiger partial charge in [-0.05, 0) is 86.2 Å². The van der Waals surface area contributed by atoms with Gasteiger partial charge in [0.15, 0.2) is 0 Å². The summed E-state index contributed by atoms with van der Waals surface area (Å²) in [6, 6.07) is 1.48. The van der Waals surface area contributed by atoms with Crippen molar-refractivity contribution in [2.24, 2.45) is 11.5 Å². The second kappa shape index (κ2) is 29.9. The molecule has 242 valence electrons. The van der Waals surface area contributed by atoms with Gasteiger partial charge in [0.1, 0.15) is 0 Å². The topological polar surface area (TPSA) is 148 Å². The van der Waals surface area contributed by atoms with Crippen LogP contribution in [-0.4, -0.2) is 86.7 Å². The van der Waals surface area contributed by atoms with Crippen LogP contribution in [0.25, 0.3) is 0 Å². The minimum absolute atomic E-state index is 0.200. The van der Waals surface area contributed by atoms with Crippen LogP contribution in [0.2, 0.25) is 12.1 Å². The van der Waals surface area contributed by atoms with E-state index in [9.17, 15) is 0 Å². The van der Waals surface area contributed by atoms with Crippen molar-refractivity contribution in [2.75, 3.05) is 40.5 Å². The average Bonchev–Trinajstić information content (AvgIpc) is 2.91. The maximum absolute atomic E-state index is 8.78. The highest BCUT2D eigenvalue weighted by molar-refractivity contribution is 6.61. The molecule has 12 heteroatoms. The monoisotopic (exact) mass is 612 g/mol. The van der Waals surface area contributed by atoms with E-state index in [0.717, 1.165) is 44.6 Å². The van der Waals surface area contributed by atoms with E-state index in [2.05, 4.69) is 20.0 Å². The molecule has 0 heterocycles. The van der Waals surface area contributed by atoms with Gasteiger partial charge < -0.3 is 48.2 Å². The molecule has 3 atom stereocenters. The van der Waals surface area contributed by atoms with Crippen molar-refractivity contribution in [3.05, 3.63) is 0 Å². The molecule has 0 rings (SSSR count). The molecule has 0 spiro atoms. The fourth-order valence-electron chi connectivity index (χ4n) is 3.66. The summed E-state index contributed by atoms with van der Waals surface area (Å²) in [6.45, 7) is 13.9. The third kappa shape index (κ3) is 26.3. The number of hydrogen-bond acceptors (Lipinski definition) is 10. The zero-order chi connectivity index (χ0) is 31.3. The lowest BCUT2D eigenvalue weighted by Gasteiger charge is -2.29. The normalized spacial score (nSPS) is 13.7. The summed E-state index contributed by atoms with van der Waals surface area (Å²) < 4.78 is 33.2. The molecule has 0 aliphatic rings. The minimum Gasteiger partial charge on any atom is -0.451 e. The van der Waals surface area contributed by atoms with Crippen LogP contribution in [0.5, 0.6) is 0 Å². The first-order valence-electron chi connectivity index (χ1n) is 15.0. The quantitative estimate of drug-likeness (QED) is 0.0742. The van der Waals surface area contributed by atoms with Crippen LogP contribution >= 0.6 is 0 Å². The second-order valence-corrected chi connectivity index (χ2v) is 15.3. The molecule has 0 aliphatic heterocycles. The van der Waals surface area contributed by atoms with Crippen LogP contribution in [0, 0.1) is 12.5 Å². The molecular weight excluding hydrogens is 548 g/mol. The van der Waals surface area contributed by atoms with Gasteiger partial charge in [-0.15, -0.1) is 0 Å². The zero-order valence-corrected chi connectivity index (χ0v) is 28.9. The largest absolute Gasteiger partial charge is 0.574 e. The van der Waals surface area contributed by atoms with Gasteiger partial charge in [-0.2, -0.15) is 0 Å². The standard InChI is InChI=1S/C12H29NO3Si.C9H19NO3Si.C7H16O2/c1-5-6-7-9-12(2)16-17(14-3,15-4)11-8-10-13;1-4-11-14(12-5-2,13-6-3)9-7-8-10;1-6(8)4-3-5-7(2)9/h12H,5-11,13H2,1-4H3;1H,5-10H2,2-3H3;6-9H,3-5H2,1-2H3. The van der Waals surface area contributed by atoms with Gasteiger partial charge in [-0.1, -0.05) is 32.6 Å². The Labute approximate surface area is 248 Å². The maximum Gasteiger partial charge on any atom is 0.574 e. The molecule has 0 radical (unpaired) electrons. The van der Waals surface area contributed by atoms with Crippen molar-refractivity contribution in [1.29, 1.82) is 0 Å². The first-order valence-corrected chi connectivity index (χ1v) is 18.8. The summed E-state index contributed by atoms with van der Waals surface area (Å²) in [7, 11) is -1.76. The van der Waals surface area contributed by atoms with Gasteiger partial charge >= 0.3 is 17.6 Å². The van der Waals surface area contributed by atoms with E-state index in [-0.39, 0.29) is 18.3 Å². The number of unbranched alkanes of at least 4 members (excludes halogenated alkanes) is 2. The predicted octanol–water partition coefficient (Wildman–Crippen LogP) is 4.43. The van der Waals surface area contributed by atoms with E-state index in [4.69, 9.17) is 54.7 Å². The lowest BCUT2D eigenvalue weighted by atomic mass is 10.1. The predicted molar refractivity (Wildman–Crippen MR) is 168 cm³/mol. The van der Waals surface area contributed by atoms with Gasteiger partial charge in [-0.25, -0.2) is 0 Å². The van der Waals surface area contributed by atoms with Gasteiger partial charge in [0.2, 0.25) is 0 Å². The van der Waals surface area contributed by atoms with Crippen LogP contribution in [0.3, 0.4) is 0 Å². The molecule has 0 aromatic heterocycles. The summed E-state index contributed by atoms with van der Waals surface area (Å²) in [5.41, 5.74) is 11.0. The number of aliphatic hydroxyl groups is 2. The Balaban J connectivity index is -0.000000538. The summed E-state index contributed by atoms with van der Waals surface area (Å²) in [4.78, 5) is 0. The van der Waals surface area contributed by atoms with Crippen molar-refractivity contribution in [2.45, 2.75) is 130 Å². The van der Waals surface area contributed by atoms with E-state index in [1.807, 2.05) is 13.8 Å². The lowest BCUT2D eigenvalue weighted by molar-refractivity contribution is 0.0577. The zero-order valence-electron chi connectivity index (χ0n) is 26.9. The molecule has 40 heavy (non-hydrogen) atoms. The SMILES string of the molecule is C#CO[Si](CCCN)(OCC)OCC.CC(O)CCCC(C)O.CCCCCC(C)O[Si](CCCN)(OC)OC. The summed E-state index contributed by atoms with van der Waals surface area (Å²) in [5.74, 6) is 0. The van der Waals surface area contributed by atoms with E-state index in [1.54, 1.807) is 28.1 Å². The molecule has 6 N–H and O–H groups in total. The molecule has 0 aromatic rings. The van der Waals surface area contributed by atoms with E-state index < -0.39 is 17.6 Å². The fourth-order valence-corrected chi connectivity index (χ4v) is 8.20. The number of terminal acetylenes is 1. The van der Waals surface area contributed by atoms with Crippen molar-refractivity contribution >= 4 is 17.6 Å². The second-order valence-electron chi connectivity index (χ2n) is 9.70. The molecular formula is C28H64N2O8Si2. The van der Waals surface area contributed by atoms with E-state index >= 15 is 0 Å². The van der Waals surface area contributed by atoms with Crippen molar-refractivity contribution in [3.8, 4) is 12.5 Å². The highest BCUT2D eigenvalue weighted by atomic mass is 28.4. The Morgan fingerprint density at radius 3 is 1.55 bits per heavy atom. The first kappa shape index (κ1) is 43.9. The van der Waals surface area contributed by atoms with Crippen LogP contribution in [0.1, 0.15) is 99.3 Å². The van der Waals surface area contributed by atoms with Gasteiger partial charge in [0, 0.05) is 45.6 Å². The van der Waals surface area contributed by atoms with Crippen LogP contribution < -0.4 is 11.5 Å². The molecule has 0 fully saturated rings. The smallest absolute Gasteiger partial charge is 0.451 e. The van der Waals surface area contributed by atoms with E-state index in [0.29, 0.717) is 32.3 Å². The first-order chi connectivity index (χ1) is 19.0. The Bertz CT molecular complexity index is 551. The summed E-state index contributed by atoms with van der Waals surface area (Å²) >= 11 is 0. The minimum atomic E-state index is -2.63. The lowest BCUT2D eigenvalue weighted by Crippen LogP contribution is -2.46. The average molecular weight is 613 g/mol. The number of aliphatic hydroxyl groups excluding tert-OH is 2. The molecule has 0 bridgehead atoms. The van der Waals surface area contributed by atoms with Crippen LogP contribution in [0.15, 0.2) is 0 Å². The molecule has 3 unspecified atom stereocenters. The van der Waals surface area contributed by atoms with Crippen molar-refractivity contribution in [3.63, 3.8) is 0 Å². The fraction of sp³-hybridized carbons (Fsp3) is 0.929. The molecule has 10 nitrogen and oxygen atoms in total. The number of hydrogen-bond donors (Lipinski definition) is 4. The molecule has 0 saturated carbocycles. The maximum atomic E-state index is 8.78. The number of rotatable bonds is 23. The van der Waals surface area contributed by atoms with Gasteiger partial charge in [-0.3, -0.25) is 0 Å². The van der Waals surface area contributed by atoms with Gasteiger partial charge in [0.25, 0.3) is 0 Å². The highest BCUT2D eigenvalue weighted by Gasteiger charge is 2.42. The van der Waals surface area contributed by atoms with Crippen molar-refractivity contribution in [1.82, 2.24) is 0 Å². The molecule has 0 saturated heterocycles. The van der Waals surface area contributed by atoms with E-state index in [1.165, 1.54) is 19.3 Å². The Hall–Kier alpha value is -0.566. The third-order valence-corrected chi connectivity index (χ3v) is 11.6. The van der Waals surface area contributed by atoms with Crippen molar-refractivity contribution < 1.29 is 36.8 Å². The van der Waals surface area contributed by atoms with Crippen LogP contribution in [-0.2, 0) is 26.6 Å². The summed E-state index contributed by atoms with van der Waals surface area (Å²) in [5, 5.41) is 17.6. The van der Waals surface area contributed by atoms with Crippen LogP contribution in [0.4, 0.5) is 0 Å². The molecule has 0 aromatic carbocycles. The van der Waals surface area contributed by atoms with Gasteiger partial charge in [0.05, 0.1) is 18.3 Å². The Morgan fingerprint density at radius 1 is 0.725 bits per heavy atom. The Kier molecular flexibility index (Phi) is 32.8. The number of nitrogens with two attached hydrogens (primary N) is 2. The Morgan fingerprint density at radius 2 is 1.20 bits per heavy atom. The third-order valence-electron chi connectivity index (χ3n) is 5.78. The molecule has 0 amide bonds. The molecule has 0 aliphatic carbocycles. The highest BCUT2D eigenvalue weighted by Crippen LogP contribution is 2.20. The summed E-state index contributed by atoms with van der Waals surface area (Å²) in [6.07, 6.45) is 16.0.